The zero-order valence-electron chi connectivity index (χ0n) is 29.2. The van der Waals surface area contributed by atoms with Gasteiger partial charge in [-0.25, -0.2) is 14.6 Å². The van der Waals surface area contributed by atoms with Gasteiger partial charge in [0.25, 0.3) is 5.56 Å². The summed E-state index contributed by atoms with van der Waals surface area (Å²) in [6.07, 6.45) is 1.71. The molecule has 0 unspecified atom stereocenters. The number of nitrogens with zero attached hydrogens (tertiary/aromatic N) is 2. The number of halogens is 1. The molecule has 5 rings (SSSR count). The van der Waals surface area contributed by atoms with E-state index < -0.39 is 18.0 Å². The van der Waals surface area contributed by atoms with Gasteiger partial charge in [-0.15, -0.1) is 0 Å². The molecule has 11 nitrogen and oxygen atoms in total. The standard InChI is InChI=1S/C38H39ClN2O9S/c1-7-46-29-19-26(14-15-28(29)49-21-32(42)45-6)34-33(37(44)48-9-3)23(5)40-38-41(34)36(43)31(51-38)18-25-16-27(39)35(30(17-25)47-8-2)50-20-24-12-10-22(4)11-13-24/h10-19,34H,7-9,20-21H2,1-6H3/b31-18-/t34-/m0/s1. The topological polar surface area (TPSA) is 124 Å². The highest BCUT2D eigenvalue weighted by Gasteiger charge is 2.34. The third-order valence-corrected chi connectivity index (χ3v) is 9.07. The van der Waals surface area contributed by atoms with Crippen LogP contribution in [0.3, 0.4) is 0 Å². The summed E-state index contributed by atoms with van der Waals surface area (Å²) in [6, 6.07) is 15.6. The summed E-state index contributed by atoms with van der Waals surface area (Å²) < 4.78 is 35.4. The van der Waals surface area contributed by atoms with Crippen molar-refractivity contribution in [2.24, 2.45) is 4.99 Å². The van der Waals surface area contributed by atoms with Gasteiger partial charge in [0.1, 0.15) is 6.61 Å². The van der Waals surface area contributed by atoms with Crippen LogP contribution in [0.2, 0.25) is 5.02 Å². The Labute approximate surface area is 304 Å². The smallest absolute Gasteiger partial charge is 0.343 e. The van der Waals surface area contributed by atoms with Crippen molar-refractivity contribution in [2.45, 2.75) is 47.3 Å². The number of esters is 2. The van der Waals surface area contributed by atoms with Crippen LogP contribution in [0, 0.1) is 6.92 Å². The first-order valence-electron chi connectivity index (χ1n) is 16.4. The third kappa shape index (κ3) is 8.46. The molecular weight excluding hydrogens is 696 g/mol. The molecule has 1 atom stereocenters. The number of benzene rings is 3. The highest BCUT2D eigenvalue weighted by Crippen LogP contribution is 2.38. The van der Waals surface area contributed by atoms with E-state index in [0.29, 0.717) is 74.0 Å². The van der Waals surface area contributed by atoms with Gasteiger partial charge in [0.2, 0.25) is 0 Å². The van der Waals surface area contributed by atoms with Gasteiger partial charge in [0.15, 0.2) is 34.4 Å². The van der Waals surface area contributed by atoms with Gasteiger partial charge >= 0.3 is 11.9 Å². The average Bonchev–Trinajstić information content (AvgIpc) is 3.41. The highest BCUT2D eigenvalue weighted by atomic mass is 35.5. The quantitative estimate of drug-likeness (QED) is 0.150. The zero-order valence-corrected chi connectivity index (χ0v) is 30.8. The van der Waals surface area contributed by atoms with Crippen molar-refractivity contribution in [3.63, 3.8) is 0 Å². The predicted molar refractivity (Wildman–Crippen MR) is 194 cm³/mol. The Morgan fingerprint density at radius 3 is 2.31 bits per heavy atom. The number of methoxy groups -OCH3 is 1. The number of rotatable bonds is 14. The van der Waals surface area contributed by atoms with Gasteiger partial charge < -0.3 is 28.4 Å². The van der Waals surface area contributed by atoms with E-state index in [1.165, 1.54) is 23.0 Å². The normalized spacial score (nSPS) is 14.0. The second-order valence-electron chi connectivity index (χ2n) is 11.3. The van der Waals surface area contributed by atoms with Crippen molar-refractivity contribution >= 4 is 41.0 Å². The molecule has 0 fully saturated rings. The molecule has 268 valence electrons. The molecule has 1 aromatic heterocycles. The maximum atomic E-state index is 14.3. The molecule has 13 heteroatoms. The first-order valence-corrected chi connectivity index (χ1v) is 17.6. The maximum absolute atomic E-state index is 14.3. The minimum Gasteiger partial charge on any atom is -0.490 e. The summed E-state index contributed by atoms with van der Waals surface area (Å²) in [7, 11) is 1.27. The molecule has 0 amide bonds. The molecule has 2 heterocycles. The van der Waals surface area contributed by atoms with E-state index in [1.807, 2.05) is 38.1 Å². The fourth-order valence-corrected chi connectivity index (χ4v) is 6.77. The van der Waals surface area contributed by atoms with E-state index in [4.69, 9.17) is 40.0 Å². The number of hydrogen-bond donors (Lipinski definition) is 0. The Morgan fingerprint density at radius 2 is 1.63 bits per heavy atom. The number of fused-ring (bicyclic) bond motifs is 1. The van der Waals surface area contributed by atoms with Gasteiger partial charge in [0.05, 0.1) is 53.8 Å². The number of aromatic nitrogens is 1. The number of ether oxygens (including phenoxy) is 6. The summed E-state index contributed by atoms with van der Waals surface area (Å²) in [5, 5.41) is 0.323. The molecule has 0 radical (unpaired) electrons. The fourth-order valence-electron chi connectivity index (χ4n) is 5.45. The van der Waals surface area contributed by atoms with Crippen LogP contribution in [0.15, 0.2) is 75.7 Å². The lowest BCUT2D eigenvalue weighted by molar-refractivity contribution is -0.143. The molecule has 51 heavy (non-hydrogen) atoms. The van der Waals surface area contributed by atoms with E-state index in [-0.39, 0.29) is 24.3 Å². The maximum Gasteiger partial charge on any atom is 0.343 e. The molecule has 1 aliphatic rings. The molecule has 3 aromatic carbocycles. The molecule has 1 aliphatic heterocycles. The van der Waals surface area contributed by atoms with Crippen LogP contribution in [-0.4, -0.2) is 50.0 Å². The van der Waals surface area contributed by atoms with E-state index in [1.54, 1.807) is 57.2 Å². The van der Waals surface area contributed by atoms with E-state index in [2.05, 4.69) is 4.99 Å². The summed E-state index contributed by atoms with van der Waals surface area (Å²) in [5.74, 6) is 0.294. The Kier molecular flexibility index (Phi) is 12.2. The lowest BCUT2D eigenvalue weighted by atomic mass is 9.95. The Morgan fingerprint density at radius 1 is 0.902 bits per heavy atom. The van der Waals surface area contributed by atoms with E-state index in [0.717, 1.165) is 11.1 Å². The van der Waals surface area contributed by atoms with E-state index >= 15 is 0 Å². The van der Waals surface area contributed by atoms with Crippen LogP contribution < -0.4 is 33.8 Å². The second-order valence-corrected chi connectivity index (χ2v) is 12.8. The molecule has 0 bridgehead atoms. The first kappa shape index (κ1) is 37.2. The highest BCUT2D eigenvalue weighted by molar-refractivity contribution is 7.07. The number of thiazole rings is 1. The summed E-state index contributed by atoms with van der Waals surface area (Å²) in [6.45, 7) is 9.86. The van der Waals surface area contributed by atoms with Gasteiger partial charge in [-0.2, -0.15) is 0 Å². The van der Waals surface area contributed by atoms with Gasteiger partial charge in [-0.1, -0.05) is 58.8 Å². The molecular formula is C38H39ClN2O9S. The summed E-state index contributed by atoms with van der Waals surface area (Å²) in [5.41, 5.74) is 3.52. The van der Waals surface area contributed by atoms with Gasteiger partial charge in [-0.05, 0) is 81.7 Å². The molecule has 4 aromatic rings. The Balaban J connectivity index is 1.59. The number of carbonyl (C=O) groups is 2. The number of aryl methyl sites for hydroxylation is 1. The van der Waals surface area contributed by atoms with Gasteiger partial charge in [0, 0.05) is 0 Å². The minimum absolute atomic E-state index is 0.130. The molecule has 0 spiro atoms. The zero-order chi connectivity index (χ0) is 36.7. The predicted octanol–water partition coefficient (Wildman–Crippen LogP) is 5.69. The van der Waals surface area contributed by atoms with Crippen LogP contribution >= 0.6 is 22.9 Å². The lowest BCUT2D eigenvalue weighted by Crippen LogP contribution is -2.40. The largest absolute Gasteiger partial charge is 0.490 e. The monoisotopic (exact) mass is 734 g/mol. The first-order chi connectivity index (χ1) is 24.6. The summed E-state index contributed by atoms with van der Waals surface area (Å²) in [4.78, 5) is 44.5. The number of hydrogen-bond acceptors (Lipinski definition) is 11. The van der Waals surface area contributed by atoms with Crippen LogP contribution in [-0.2, 0) is 25.7 Å². The van der Waals surface area contributed by atoms with Crippen molar-refractivity contribution in [1.29, 1.82) is 0 Å². The van der Waals surface area contributed by atoms with Crippen LogP contribution in [0.5, 0.6) is 23.0 Å². The van der Waals surface area contributed by atoms with Crippen molar-refractivity contribution in [2.75, 3.05) is 33.5 Å². The molecule has 0 N–H and O–H groups in total. The minimum atomic E-state index is -0.906. The number of allylic oxidation sites excluding steroid dienone is 1. The third-order valence-electron chi connectivity index (χ3n) is 7.81. The van der Waals surface area contributed by atoms with Crippen LogP contribution in [0.4, 0.5) is 0 Å². The van der Waals surface area contributed by atoms with Crippen molar-refractivity contribution in [3.8, 4) is 23.0 Å². The second kappa shape index (κ2) is 16.8. The molecule has 0 aliphatic carbocycles. The average molecular weight is 735 g/mol. The van der Waals surface area contributed by atoms with Crippen molar-refractivity contribution in [1.82, 2.24) is 4.57 Å². The molecule has 0 saturated carbocycles. The SMILES string of the molecule is CCOC(=O)C1=C(C)N=c2s/c(=C\c3cc(Cl)c(OCc4ccc(C)cc4)c(OCC)c3)c(=O)n2[C@H]1c1ccc(OCC(=O)OC)c(OCC)c1. The van der Waals surface area contributed by atoms with Crippen molar-refractivity contribution in [3.05, 3.63) is 113 Å². The fraction of sp³-hybridized carbons (Fsp3) is 0.316. The van der Waals surface area contributed by atoms with Gasteiger partial charge in [-0.3, -0.25) is 9.36 Å². The Hall–Kier alpha value is -5.07. The Bertz CT molecular complexity index is 2140. The molecule has 0 saturated heterocycles. The lowest BCUT2D eigenvalue weighted by Gasteiger charge is -2.25. The number of carbonyl (C=O) groups excluding carboxylic acids is 2. The van der Waals surface area contributed by atoms with Crippen LogP contribution in [0.25, 0.3) is 6.08 Å². The summed E-state index contributed by atoms with van der Waals surface area (Å²) >= 11 is 7.92. The van der Waals surface area contributed by atoms with Crippen molar-refractivity contribution < 1.29 is 38.0 Å². The van der Waals surface area contributed by atoms with Crippen LogP contribution in [0.1, 0.15) is 56.0 Å². The van der Waals surface area contributed by atoms with E-state index in [9.17, 15) is 14.4 Å².